The third-order valence-electron chi connectivity index (χ3n) is 3.24. The topological polar surface area (TPSA) is 55.3 Å². The maximum absolute atomic E-state index is 12.2. The average Bonchev–Trinajstić information content (AvgIpc) is 2.42. The number of halogens is 1. The summed E-state index contributed by atoms with van der Waals surface area (Å²) < 4.78 is 5.43. The highest BCUT2D eigenvalue weighted by atomic mass is 35.5. The Labute approximate surface area is 135 Å². The number of aromatic nitrogens is 2. The van der Waals surface area contributed by atoms with Crippen molar-refractivity contribution >= 4 is 34.3 Å². The van der Waals surface area contributed by atoms with Crippen LogP contribution in [-0.2, 0) is 9.53 Å². The summed E-state index contributed by atoms with van der Waals surface area (Å²) in [4.78, 5) is 22.5. The summed E-state index contributed by atoms with van der Waals surface area (Å²) in [6, 6.07) is 4.94. The fourth-order valence-electron chi connectivity index (χ4n) is 2.03. The van der Waals surface area contributed by atoms with Gasteiger partial charge >= 0.3 is 5.97 Å². The maximum atomic E-state index is 12.2. The molecular weight excluding hydrogens is 302 g/mol. The van der Waals surface area contributed by atoms with E-state index in [-0.39, 0.29) is 5.97 Å². The number of likely N-dealkylation sites (N-methyl/N-ethyl adjacent to an activating group) is 1. The van der Waals surface area contributed by atoms with E-state index < -0.39 is 11.6 Å². The molecule has 0 unspecified atom stereocenters. The molecule has 0 radical (unpaired) electrons. The normalized spacial score (nSPS) is 13.0. The van der Waals surface area contributed by atoms with Crippen molar-refractivity contribution in [1.29, 1.82) is 0 Å². The van der Waals surface area contributed by atoms with Gasteiger partial charge in [0.1, 0.15) is 23.8 Å². The zero-order chi connectivity index (χ0) is 16.5. The Balaban J connectivity index is 2.33. The number of hydrogen-bond donors (Lipinski definition) is 0. The van der Waals surface area contributed by atoms with E-state index in [1.165, 1.54) is 6.33 Å². The van der Waals surface area contributed by atoms with Crippen LogP contribution in [0.25, 0.3) is 10.9 Å². The van der Waals surface area contributed by atoms with Gasteiger partial charge in [-0.15, -0.1) is 0 Å². The molecule has 2 aromatic rings. The number of fused-ring (bicyclic) bond motifs is 1. The summed E-state index contributed by atoms with van der Waals surface area (Å²) in [6.07, 6.45) is 1.46. The fraction of sp³-hybridized carbons (Fsp3) is 0.438. The number of carbonyl (C=O) groups is 1. The second kappa shape index (κ2) is 6.08. The van der Waals surface area contributed by atoms with Gasteiger partial charge in [-0.3, -0.25) is 0 Å². The third-order valence-corrected chi connectivity index (χ3v) is 3.48. The zero-order valence-electron chi connectivity index (χ0n) is 13.4. The molecule has 22 heavy (non-hydrogen) atoms. The van der Waals surface area contributed by atoms with Gasteiger partial charge in [0.15, 0.2) is 0 Å². The van der Waals surface area contributed by atoms with Gasteiger partial charge in [0.25, 0.3) is 0 Å². The lowest BCUT2D eigenvalue weighted by Crippen LogP contribution is -2.41. The Hall–Kier alpha value is -1.88. The SMILES string of the molecule is C[C@H](C(=O)OC(C)(C)C)N(C)c1ncnc2cc(Cl)ccc12. The van der Waals surface area contributed by atoms with Crippen LogP contribution in [0.15, 0.2) is 24.5 Å². The molecule has 0 saturated heterocycles. The van der Waals surface area contributed by atoms with Gasteiger partial charge in [-0.1, -0.05) is 11.6 Å². The Morgan fingerprint density at radius 2 is 2.00 bits per heavy atom. The summed E-state index contributed by atoms with van der Waals surface area (Å²) in [6.45, 7) is 7.33. The Kier molecular flexibility index (Phi) is 4.56. The summed E-state index contributed by atoms with van der Waals surface area (Å²) in [5, 5.41) is 1.45. The van der Waals surface area contributed by atoms with Crippen LogP contribution in [-0.4, -0.2) is 34.6 Å². The minimum absolute atomic E-state index is 0.296. The first-order valence-corrected chi connectivity index (χ1v) is 7.43. The van der Waals surface area contributed by atoms with E-state index in [0.29, 0.717) is 10.8 Å². The largest absolute Gasteiger partial charge is 0.458 e. The first-order valence-electron chi connectivity index (χ1n) is 7.05. The van der Waals surface area contributed by atoms with Crippen molar-refractivity contribution in [3.8, 4) is 0 Å². The standard InChI is InChI=1S/C16H20ClN3O2/c1-10(15(21)22-16(2,3)4)20(5)14-12-7-6-11(17)8-13(12)18-9-19-14/h6-10H,1-5H3/t10-/m1/s1. The highest BCUT2D eigenvalue weighted by Gasteiger charge is 2.26. The van der Waals surface area contributed by atoms with Crippen molar-refractivity contribution in [3.05, 3.63) is 29.5 Å². The van der Waals surface area contributed by atoms with Crippen LogP contribution in [0.5, 0.6) is 0 Å². The molecule has 0 fully saturated rings. The first-order chi connectivity index (χ1) is 10.2. The van der Waals surface area contributed by atoms with Crippen molar-refractivity contribution in [3.63, 3.8) is 0 Å². The molecule has 1 aromatic heterocycles. The molecule has 5 nitrogen and oxygen atoms in total. The predicted octanol–water partition coefficient (Wildman–Crippen LogP) is 3.45. The number of carbonyl (C=O) groups excluding carboxylic acids is 1. The molecule has 0 aliphatic carbocycles. The van der Waals surface area contributed by atoms with Crippen molar-refractivity contribution in [2.75, 3.05) is 11.9 Å². The van der Waals surface area contributed by atoms with Gasteiger partial charge in [-0.05, 0) is 45.9 Å². The van der Waals surface area contributed by atoms with E-state index in [0.717, 1.165) is 10.9 Å². The summed E-state index contributed by atoms with van der Waals surface area (Å²) in [7, 11) is 1.81. The maximum Gasteiger partial charge on any atom is 0.329 e. The molecule has 1 atom stereocenters. The van der Waals surface area contributed by atoms with E-state index in [2.05, 4.69) is 9.97 Å². The lowest BCUT2D eigenvalue weighted by Gasteiger charge is -2.28. The number of ether oxygens (including phenoxy) is 1. The molecule has 118 valence electrons. The number of esters is 1. The average molecular weight is 322 g/mol. The van der Waals surface area contributed by atoms with Gasteiger partial charge < -0.3 is 9.64 Å². The third kappa shape index (κ3) is 3.65. The van der Waals surface area contributed by atoms with Crippen LogP contribution in [0.4, 0.5) is 5.82 Å². The molecule has 0 aliphatic heterocycles. The molecule has 0 aliphatic rings. The van der Waals surface area contributed by atoms with Gasteiger partial charge in [-0.2, -0.15) is 0 Å². The molecule has 0 amide bonds. The van der Waals surface area contributed by atoms with Crippen LogP contribution in [0.1, 0.15) is 27.7 Å². The van der Waals surface area contributed by atoms with Crippen LogP contribution < -0.4 is 4.90 Å². The van der Waals surface area contributed by atoms with Gasteiger partial charge in [0.05, 0.1) is 5.52 Å². The molecule has 0 saturated carbocycles. The molecule has 0 N–H and O–H groups in total. The summed E-state index contributed by atoms with van der Waals surface area (Å²) in [5.74, 6) is 0.371. The predicted molar refractivity (Wildman–Crippen MR) is 88.3 cm³/mol. The van der Waals surface area contributed by atoms with E-state index in [1.54, 1.807) is 24.0 Å². The quantitative estimate of drug-likeness (QED) is 0.810. The molecule has 2 rings (SSSR count). The monoisotopic (exact) mass is 321 g/mol. The first kappa shape index (κ1) is 16.5. The highest BCUT2D eigenvalue weighted by molar-refractivity contribution is 6.31. The molecular formula is C16H20ClN3O2. The van der Waals surface area contributed by atoms with E-state index in [9.17, 15) is 4.79 Å². The summed E-state index contributed by atoms with van der Waals surface area (Å²) in [5.41, 5.74) is 0.216. The number of nitrogens with zero attached hydrogens (tertiary/aromatic N) is 3. The number of anilines is 1. The molecule has 0 spiro atoms. The van der Waals surface area contributed by atoms with Crippen LogP contribution in [0.2, 0.25) is 5.02 Å². The minimum atomic E-state index is -0.520. The molecule has 1 aromatic carbocycles. The second-order valence-corrected chi connectivity index (χ2v) is 6.62. The number of hydrogen-bond acceptors (Lipinski definition) is 5. The Bertz CT molecular complexity index is 697. The second-order valence-electron chi connectivity index (χ2n) is 6.18. The summed E-state index contributed by atoms with van der Waals surface area (Å²) >= 11 is 5.99. The molecule has 6 heteroatoms. The Morgan fingerprint density at radius 3 is 2.64 bits per heavy atom. The van der Waals surface area contributed by atoms with Crippen LogP contribution in [0.3, 0.4) is 0 Å². The van der Waals surface area contributed by atoms with Crippen LogP contribution in [0, 0.1) is 0 Å². The van der Waals surface area contributed by atoms with Crippen molar-refractivity contribution in [2.45, 2.75) is 39.3 Å². The fourth-order valence-corrected chi connectivity index (χ4v) is 2.19. The Morgan fingerprint density at radius 1 is 1.32 bits per heavy atom. The number of rotatable bonds is 3. The van der Waals surface area contributed by atoms with E-state index in [4.69, 9.17) is 16.3 Å². The van der Waals surface area contributed by atoms with Crippen molar-refractivity contribution < 1.29 is 9.53 Å². The number of benzene rings is 1. The zero-order valence-corrected chi connectivity index (χ0v) is 14.2. The van der Waals surface area contributed by atoms with Gasteiger partial charge in [0.2, 0.25) is 0 Å². The molecule has 0 bridgehead atoms. The van der Waals surface area contributed by atoms with Crippen LogP contribution >= 0.6 is 11.6 Å². The van der Waals surface area contributed by atoms with E-state index >= 15 is 0 Å². The van der Waals surface area contributed by atoms with Gasteiger partial charge in [-0.25, -0.2) is 14.8 Å². The van der Waals surface area contributed by atoms with Crippen molar-refractivity contribution in [1.82, 2.24) is 9.97 Å². The minimum Gasteiger partial charge on any atom is -0.458 e. The van der Waals surface area contributed by atoms with E-state index in [1.807, 2.05) is 33.9 Å². The lowest BCUT2D eigenvalue weighted by molar-refractivity contribution is -0.156. The molecule has 1 heterocycles. The smallest absolute Gasteiger partial charge is 0.329 e. The van der Waals surface area contributed by atoms with Gasteiger partial charge in [0, 0.05) is 17.5 Å². The lowest BCUT2D eigenvalue weighted by atomic mass is 10.1. The highest BCUT2D eigenvalue weighted by Crippen LogP contribution is 2.26. The van der Waals surface area contributed by atoms with Crippen molar-refractivity contribution in [2.24, 2.45) is 0 Å².